The van der Waals surface area contributed by atoms with E-state index in [-0.39, 0.29) is 17.4 Å². The van der Waals surface area contributed by atoms with Gasteiger partial charge >= 0.3 is 0 Å². The Morgan fingerprint density at radius 2 is 1.67 bits per heavy atom. The van der Waals surface area contributed by atoms with Crippen LogP contribution in [0.3, 0.4) is 0 Å². The molecule has 0 atom stereocenters. The number of thioether (sulfide) groups is 1. The molecular formula is C22H19NO3S. The van der Waals surface area contributed by atoms with Crippen molar-refractivity contribution < 1.29 is 14.7 Å². The summed E-state index contributed by atoms with van der Waals surface area (Å²) in [5.74, 6) is 0.0501. The van der Waals surface area contributed by atoms with Gasteiger partial charge in [0.05, 0.1) is 11.4 Å². The number of nitrogens with one attached hydrogen (secondary N) is 1. The van der Waals surface area contributed by atoms with Crippen molar-refractivity contribution in [2.45, 2.75) is 11.8 Å². The lowest BCUT2D eigenvalue weighted by molar-refractivity contribution is 0.101. The first kappa shape index (κ1) is 18.7. The molecule has 0 aromatic heterocycles. The van der Waals surface area contributed by atoms with Crippen LogP contribution in [0.4, 0.5) is 5.69 Å². The number of rotatable bonds is 6. The van der Waals surface area contributed by atoms with Crippen molar-refractivity contribution in [2.24, 2.45) is 0 Å². The maximum atomic E-state index is 12.5. The zero-order valence-electron chi connectivity index (χ0n) is 14.8. The minimum Gasteiger partial charge on any atom is -0.506 e. The molecule has 0 saturated carbocycles. The average Bonchev–Trinajstić information content (AvgIpc) is 2.69. The molecule has 0 radical (unpaired) electrons. The van der Waals surface area contributed by atoms with E-state index >= 15 is 0 Å². The standard InChI is InChI=1S/C22H19NO3S/c1-15-10-11-20(24)19(12-15)23-22(26)17-8-5-9-18(13-17)27-14-21(25)16-6-3-2-4-7-16/h2-13,24H,14H2,1H3,(H,23,26). The number of carbonyl (C=O) groups is 2. The van der Waals surface area contributed by atoms with Gasteiger partial charge in [0.15, 0.2) is 5.78 Å². The van der Waals surface area contributed by atoms with E-state index in [0.717, 1.165) is 10.5 Å². The smallest absolute Gasteiger partial charge is 0.255 e. The number of amides is 1. The van der Waals surface area contributed by atoms with Crippen LogP contribution in [0.1, 0.15) is 26.3 Å². The third kappa shape index (κ3) is 4.99. The molecule has 0 aliphatic rings. The van der Waals surface area contributed by atoms with Crippen LogP contribution >= 0.6 is 11.8 Å². The maximum absolute atomic E-state index is 12.5. The van der Waals surface area contributed by atoms with E-state index in [9.17, 15) is 14.7 Å². The molecule has 3 aromatic rings. The van der Waals surface area contributed by atoms with Crippen molar-refractivity contribution in [3.05, 3.63) is 89.5 Å². The number of phenolic OH excluding ortho intramolecular Hbond substituents is 1. The van der Waals surface area contributed by atoms with Gasteiger partial charge in [-0.05, 0) is 42.8 Å². The van der Waals surface area contributed by atoms with Crippen molar-refractivity contribution in [1.82, 2.24) is 0 Å². The fraction of sp³-hybridized carbons (Fsp3) is 0.0909. The van der Waals surface area contributed by atoms with Crippen LogP contribution in [0.25, 0.3) is 0 Å². The number of hydrogen-bond acceptors (Lipinski definition) is 4. The average molecular weight is 377 g/mol. The molecule has 0 fully saturated rings. The van der Waals surface area contributed by atoms with Crippen LogP contribution in [0, 0.1) is 6.92 Å². The Morgan fingerprint density at radius 3 is 2.44 bits per heavy atom. The van der Waals surface area contributed by atoms with Crippen molar-refractivity contribution in [3.8, 4) is 5.75 Å². The Hall–Kier alpha value is -3.05. The molecule has 27 heavy (non-hydrogen) atoms. The van der Waals surface area contributed by atoms with Gasteiger partial charge in [-0.1, -0.05) is 42.5 Å². The van der Waals surface area contributed by atoms with Crippen LogP contribution in [0.2, 0.25) is 0 Å². The number of phenols is 1. The van der Waals surface area contributed by atoms with E-state index < -0.39 is 0 Å². The topological polar surface area (TPSA) is 66.4 Å². The molecule has 0 bridgehead atoms. The second kappa shape index (κ2) is 8.56. The van der Waals surface area contributed by atoms with Gasteiger partial charge < -0.3 is 10.4 Å². The minimum atomic E-state index is -0.312. The number of carbonyl (C=O) groups excluding carboxylic acids is 2. The highest BCUT2D eigenvalue weighted by atomic mass is 32.2. The molecule has 5 heteroatoms. The second-order valence-corrected chi connectivity index (χ2v) is 7.13. The second-order valence-electron chi connectivity index (χ2n) is 6.08. The number of anilines is 1. The van der Waals surface area contributed by atoms with Gasteiger partial charge in [0.2, 0.25) is 0 Å². The Balaban J connectivity index is 1.67. The fourth-order valence-corrected chi connectivity index (χ4v) is 3.38. The van der Waals surface area contributed by atoms with Gasteiger partial charge in [0, 0.05) is 16.0 Å². The molecule has 0 heterocycles. The van der Waals surface area contributed by atoms with Crippen molar-refractivity contribution >= 4 is 29.1 Å². The lowest BCUT2D eigenvalue weighted by Gasteiger charge is -2.09. The zero-order chi connectivity index (χ0) is 19.2. The molecule has 1 amide bonds. The molecule has 0 unspecified atom stereocenters. The molecule has 136 valence electrons. The normalized spacial score (nSPS) is 10.4. The van der Waals surface area contributed by atoms with Crippen LogP contribution in [0.5, 0.6) is 5.75 Å². The van der Waals surface area contributed by atoms with Crippen LogP contribution < -0.4 is 5.32 Å². The number of aryl methyl sites for hydroxylation is 1. The first-order chi connectivity index (χ1) is 13.0. The molecule has 0 aliphatic carbocycles. The van der Waals surface area contributed by atoms with Crippen molar-refractivity contribution in [3.63, 3.8) is 0 Å². The number of Topliss-reactive ketones (excluding diaryl/α,β-unsaturated/α-hetero) is 1. The van der Waals surface area contributed by atoms with E-state index in [1.165, 1.54) is 11.8 Å². The first-order valence-corrected chi connectivity index (χ1v) is 9.43. The number of ketones is 1. The first-order valence-electron chi connectivity index (χ1n) is 8.45. The lowest BCUT2D eigenvalue weighted by atomic mass is 10.1. The summed E-state index contributed by atoms with van der Waals surface area (Å²) in [5.41, 5.74) is 2.45. The van der Waals surface area contributed by atoms with Gasteiger partial charge in [0.25, 0.3) is 5.91 Å². The van der Waals surface area contributed by atoms with Crippen molar-refractivity contribution in [1.29, 1.82) is 0 Å². The van der Waals surface area contributed by atoms with Gasteiger partial charge in [-0.25, -0.2) is 0 Å². The molecule has 4 nitrogen and oxygen atoms in total. The molecule has 0 spiro atoms. The van der Waals surface area contributed by atoms with E-state index in [1.54, 1.807) is 48.5 Å². The fourth-order valence-electron chi connectivity index (χ4n) is 2.53. The SMILES string of the molecule is Cc1ccc(O)c(NC(=O)c2cccc(SCC(=O)c3ccccc3)c2)c1. The molecule has 0 aliphatic heterocycles. The summed E-state index contributed by atoms with van der Waals surface area (Å²) >= 11 is 1.39. The Bertz CT molecular complexity index is 970. The molecule has 0 saturated heterocycles. The highest BCUT2D eigenvalue weighted by Crippen LogP contribution is 2.25. The summed E-state index contributed by atoms with van der Waals surface area (Å²) in [6.07, 6.45) is 0. The van der Waals surface area contributed by atoms with E-state index in [2.05, 4.69) is 5.32 Å². The summed E-state index contributed by atoms with van der Waals surface area (Å²) in [7, 11) is 0. The van der Waals surface area contributed by atoms with Gasteiger partial charge in [-0.2, -0.15) is 0 Å². The molecule has 3 aromatic carbocycles. The summed E-state index contributed by atoms with van der Waals surface area (Å²) in [6, 6.07) is 21.2. The number of aromatic hydroxyl groups is 1. The van der Waals surface area contributed by atoms with Gasteiger partial charge in [0.1, 0.15) is 5.75 Å². The quantitative estimate of drug-likeness (QED) is 0.363. The minimum absolute atomic E-state index is 0.0212. The van der Waals surface area contributed by atoms with Crippen LogP contribution in [0.15, 0.2) is 77.7 Å². The summed E-state index contributed by atoms with van der Waals surface area (Å²) in [6.45, 7) is 1.89. The maximum Gasteiger partial charge on any atom is 0.255 e. The summed E-state index contributed by atoms with van der Waals surface area (Å²) in [4.78, 5) is 25.5. The van der Waals surface area contributed by atoms with E-state index in [0.29, 0.717) is 22.6 Å². The number of benzene rings is 3. The third-order valence-electron chi connectivity index (χ3n) is 3.96. The monoisotopic (exact) mass is 377 g/mol. The largest absolute Gasteiger partial charge is 0.506 e. The Labute approximate surface area is 162 Å². The predicted molar refractivity (Wildman–Crippen MR) is 109 cm³/mol. The summed E-state index contributed by atoms with van der Waals surface area (Å²) < 4.78 is 0. The lowest BCUT2D eigenvalue weighted by Crippen LogP contribution is -2.12. The summed E-state index contributed by atoms with van der Waals surface area (Å²) in [5, 5.41) is 12.6. The Kier molecular flexibility index (Phi) is 5.94. The molecule has 3 rings (SSSR count). The van der Waals surface area contributed by atoms with E-state index in [4.69, 9.17) is 0 Å². The zero-order valence-corrected chi connectivity index (χ0v) is 15.6. The highest BCUT2D eigenvalue weighted by molar-refractivity contribution is 8.00. The molecule has 2 N–H and O–H groups in total. The predicted octanol–water partition coefficient (Wildman–Crippen LogP) is 4.93. The van der Waals surface area contributed by atoms with Crippen LogP contribution in [-0.2, 0) is 0 Å². The van der Waals surface area contributed by atoms with Gasteiger partial charge in [-0.3, -0.25) is 9.59 Å². The van der Waals surface area contributed by atoms with Gasteiger partial charge in [-0.15, -0.1) is 11.8 Å². The Morgan fingerprint density at radius 1 is 0.926 bits per heavy atom. The highest BCUT2D eigenvalue weighted by Gasteiger charge is 2.11. The molecular weight excluding hydrogens is 358 g/mol. The number of hydrogen-bond donors (Lipinski definition) is 2. The van der Waals surface area contributed by atoms with Crippen molar-refractivity contribution in [2.75, 3.05) is 11.1 Å². The van der Waals surface area contributed by atoms with Crippen LogP contribution in [-0.4, -0.2) is 22.5 Å². The third-order valence-corrected chi connectivity index (χ3v) is 4.96. The van der Waals surface area contributed by atoms with E-state index in [1.807, 2.05) is 31.2 Å².